The van der Waals surface area contributed by atoms with Crippen molar-refractivity contribution in [2.75, 3.05) is 0 Å². The van der Waals surface area contributed by atoms with Gasteiger partial charge in [0.25, 0.3) is 0 Å². The number of carbonyl (C=O) groups excluding carboxylic acids is 1. The van der Waals surface area contributed by atoms with E-state index < -0.39 is 0 Å². The first kappa shape index (κ1) is 14.3. The van der Waals surface area contributed by atoms with Crippen molar-refractivity contribution in [2.45, 2.75) is 45.4 Å². The summed E-state index contributed by atoms with van der Waals surface area (Å²) in [5.41, 5.74) is 0.896. The Morgan fingerprint density at radius 1 is 1.00 bits per heavy atom. The van der Waals surface area contributed by atoms with Gasteiger partial charge in [-0.25, -0.2) is 0 Å². The molecule has 1 heteroatoms. The van der Waals surface area contributed by atoms with Gasteiger partial charge in [0.1, 0.15) is 0 Å². The largest absolute Gasteiger partial charge is 0.294 e. The van der Waals surface area contributed by atoms with Crippen LogP contribution in [0.15, 0.2) is 42.5 Å². The number of Topliss-reactive ketones (excluding diaryl/α,β-unsaturated/α-hetero) is 1. The highest BCUT2D eigenvalue weighted by molar-refractivity contribution is 6.01. The Morgan fingerprint density at radius 2 is 1.71 bits per heavy atom. The zero-order valence-corrected chi connectivity index (χ0v) is 12.8. The van der Waals surface area contributed by atoms with Crippen LogP contribution in [0.5, 0.6) is 0 Å². The topological polar surface area (TPSA) is 17.1 Å². The molecule has 1 aliphatic rings. The van der Waals surface area contributed by atoms with Crippen molar-refractivity contribution in [3.8, 4) is 0 Å². The molecule has 0 amide bonds. The van der Waals surface area contributed by atoms with Crippen LogP contribution in [0.1, 0.15) is 55.8 Å². The summed E-state index contributed by atoms with van der Waals surface area (Å²) < 4.78 is 0. The number of carbonyl (C=O) groups is 1. The SMILES string of the molecule is CCCC1CCC(C(=O)c2ccc3ccccc3c2)CC1. The quantitative estimate of drug-likeness (QED) is 0.663. The molecule has 1 nitrogen and oxygen atoms in total. The third-order valence-electron chi connectivity index (χ3n) is 4.95. The minimum atomic E-state index is 0.249. The van der Waals surface area contributed by atoms with Gasteiger partial charge in [0.15, 0.2) is 5.78 Å². The maximum absolute atomic E-state index is 12.7. The van der Waals surface area contributed by atoms with E-state index in [1.807, 2.05) is 18.2 Å². The van der Waals surface area contributed by atoms with Crippen molar-refractivity contribution in [1.29, 1.82) is 0 Å². The molecule has 1 saturated carbocycles. The second-order valence-electron chi connectivity index (χ2n) is 6.43. The summed E-state index contributed by atoms with van der Waals surface area (Å²) in [6.07, 6.45) is 7.23. The Labute approximate surface area is 127 Å². The van der Waals surface area contributed by atoms with Crippen molar-refractivity contribution in [1.82, 2.24) is 0 Å². The van der Waals surface area contributed by atoms with Crippen LogP contribution in [0.2, 0.25) is 0 Å². The molecular formula is C20H24O. The number of hydrogen-bond donors (Lipinski definition) is 0. The van der Waals surface area contributed by atoms with E-state index in [0.717, 1.165) is 24.3 Å². The number of hydrogen-bond acceptors (Lipinski definition) is 1. The average molecular weight is 280 g/mol. The molecule has 0 N–H and O–H groups in total. The molecule has 0 spiro atoms. The van der Waals surface area contributed by atoms with Gasteiger partial charge in [-0.1, -0.05) is 56.2 Å². The highest BCUT2D eigenvalue weighted by atomic mass is 16.1. The zero-order chi connectivity index (χ0) is 14.7. The summed E-state index contributed by atoms with van der Waals surface area (Å²) >= 11 is 0. The molecule has 0 aromatic heterocycles. The lowest BCUT2D eigenvalue weighted by Gasteiger charge is -2.27. The van der Waals surface area contributed by atoms with E-state index in [4.69, 9.17) is 0 Å². The minimum Gasteiger partial charge on any atom is -0.294 e. The predicted octanol–water partition coefficient (Wildman–Crippen LogP) is 5.63. The van der Waals surface area contributed by atoms with E-state index in [1.54, 1.807) is 0 Å². The molecule has 0 atom stereocenters. The van der Waals surface area contributed by atoms with Gasteiger partial charge in [0.05, 0.1) is 0 Å². The van der Waals surface area contributed by atoms with Crippen LogP contribution in [-0.4, -0.2) is 5.78 Å². The van der Waals surface area contributed by atoms with Crippen molar-refractivity contribution >= 4 is 16.6 Å². The molecule has 0 bridgehead atoms. The third kappa shape index (κ3) is 3.18. The highest BCUT2D eigenvalue weighted by Crippen LogP contribution is 2.33. The van der Waals surface area contributed by atoms with Crippen molar-refractivity contribution in [3.63, 3.8) is 0 Å². The van der Waals surface area contributed by atoms with Crippen LogP contribution in [0.25, 0.3) is 10.8 Å². The zero-order valence-electron chi connectivity index (χ0n) is 12.8. The standard InChI is InChI=1S/C20H24O/c1-2-5-15-8-10-17(11-9-15)20(21)19-13-12-16-6-3-4-7-18(16)14-19/h3-4,6-7,12-15,17H,2,5,8-11H2,1H3. The van der Waals surface area contributed by atoms with Crippen LogP contribution in [0, 0.1) is 11.8 Å². The van der Waals surface area contributed by atoms with Crippen molar-refractivity contribution in [2.24, 2.45) is 11.8 Å². The van der Waals surface area contributed by atoms with E-state index in [-0.39, 0.29) is 5.92 Å². The molecule has 3 rings (SSSR count). The van der Waals surface area contributed by atoms with Gasteiger partial charge in [0.2, 0.25) is 0 Å². The number of ketones is 1. The van der Waals surface area contributed by atoms with Gasteiger partial charge in [-0.15, -0.1) is 0 Å². The first-order valence-corrected chi connectivity index (χ1v) is 8.31. The molecule has 2 aromatic carbocycles. The number of rotatable bonds is 4. The first-order valence-electron chi connectivity index (χ1n) is 8.31. The molecule has 1 fully saturated rings. The Bertz CT molecular complexity index is 621. The lowest BCUT2D eigenvalue weighted by Crippen LogP contribution is -2.22. The van der Waals surface area contributed by atoms with Crippen LogP contribution >= 0.6 is 0 Å². The molecule has 1 aliphatic carbocycles. The summed E-state index contributed by atoms with van der Waals surface area (Å²) in [7, 11) is 0. The molecule has 0 saturated heterocycles. The normalized spacial score (nSPS) is 22.3. The van der Waals surface area contributed by atoms with E-state index in [0.29, 0.717) is 5.78 Å². The molecular weight excluding hydrogens is 256 g/mol. The second kappa shape index (κ2) is 6.43. The third-order valence-corrected chi connectivity index (χ3v) is 4.95. The monoisotopic (exact) mass is 280 g/mol. The fourth-order valence-corrected chi connectivity index (χ4v) is 3.70. The molecule has 0 heterocycles. The van der Waals surface area contributed by atoms with E-state index >= 15 is 0 Å². The Morgan fingerprint density at radius 3 is 2.43 bits per heavy atom. The summed E-state index contributed by atoms with van der Waals surface area (Å²) in [6.45, 7) is 2.26. The van der Waals surface area contributed by atoms with Crippen LogP contribution < -0.4 is 0 Å². The van der Waals surface area contributed by atoms with Gasteiger partial charge in [-0.05, 0) is 48.4 Å². The van der Waals surface area contributed by atoms with Crippen molar-refractivity contribution < 1.29 is 4.79 Å². The molecule has 0 unspecified atom stereocenters. The summed E-state index contributed by atoms with van der Waals surface area (Å²) in [6, 6.07) is 14.4. The lowest BCUT2D eigenvalue weighted by molar-refractivity contribution is 0.0870. The van der Waals surface area contributed by atoms with E-state index in [9.17, 15) is 4.79 Å². The van der Waals surface area contributed by atoms with Crippen LogP contribution in [0.3, 0.4) is 0 Å². The minimum absolute atomic E-state index is 0.249. The van der Waals surface area contributed by atoms with Crippen LogP contribution in [0.4, 0.5) is 0 Å². The predicted molar refractivity (Wildman–Crippen MR) is 88.6 cm³/mol. The summed E-state index contributed by atoms with van der Waals surface area (Å²) in [4.78, 5) is 12.7. The van der Waals surface area contributed by atoms with E-state index in [1.165, 1.54) is 36.5 Å². The van der Waals surface area contributed by atoms with Crippen molar-refractivity contribution in [3.05, 3.63) is 48.0 Å². The van der Waals surface area contributed by atoms with Gasteiger partial charge in [-0.3, -0.25) is 4.79 Å². The van der Waals surface area contributed by atoms with Crippen LogP contribution in [-0.2, 0) is 0 Å². The fourth-order valence-electron chi connectivity index (χ4n) is 3.70. The smallest absolute Gasteiger partial charge is 0.165 e. The summed E-state index contributed by atoms with van der Waals surface area (Å²) in [5, 5.41) is 2.38. The average Bonchev–Trinajstić information content (AvgIpc) is 2.55. The van der Waals surface area contributed by atoms with Gasteiger partial charge in [-0.2, -0.15) is 0 Å². The Kier molecular flexibility index (Phi) is 4.38. The second-order valence-corrected chi connectivity index (χ2v) is 6.43. The van der Waals surface area contributed by atoms with Gasteiger partial charge >= 0.3 is 0 Å². The summed E-state index contributed by atoms with van der Waals surface area (Å²) in [5.74, 6) is 1.46. The Hall–Kier alpha value is -1.63. The maximum Gasteiger partial charge on any atom is 0.165 e. The number of fused-ring (bicyclic) bond motifs is 1. The number of benzene rings is 2. The molecule has 0 aliphatic heterocycles. The van der Waals surface area contributed by atoms with Gasteiger partial charge < -0.3 is 0 Å². The fraction of sp³-hybridized carbons (Fsp3) is 0.450. The van der Waals surface area contributed by atoms with Gasteiger partial charge in [0, 0.05) is 11.5 Å². The first-order chi connectivity index (χ1) is 10.3. The maximum atomic E-state index is 12.7. The van der Waals surface area contributed by atoms with E-state index in [2.05, 4.69) is 31.2 Å². The highest BCUT2D eigenvalue weighted by Gasteiger charge is 2.26. The molecule has 2 aromatic rings. The Balaban J connectivity index is 1.72. The molecule has 0 radical (unpaired) electrons. The molecule has 110 valence electrons. The molecule has 21 heavy (non-hydrogen) atoms. The lowest BCUT2D eigenvalue weighted by atomic mass is 9.77.